The first kappa shape index (κ1) is 25.5. The maximum absolute atomic E-state index is 13.1. The summed E-state index contributed by atoms with van der Waals surface area (Å²) in [6, 6.07) is 7.71. The molecule has 3 aromatic heterocycles. The van der Waals surface area contributed by atoms with Crippen molar-refractivity contribution in [1.82, 2.24) is 24.6 Å². The quantitative estimate of drug-likeness (QED) is 0.233. The normalized spacial score (nSPS) is 18.3. The molecule has 2 fully saturated rings. The average molecular weight is 518 g/mol. The van der Waals surface area contributed by atoms with E-state index in [1.807, 2.05) is 23.0 Å². The van der Waals surface area contributed by atoms with Crippen LogP contribution in [0.15, 0.2) is 48.0 Å². The first-order valence-electron chi connectivity index (χ1n) is 12.6. The number of carbonyl (C=O) groups is 2. The smallest absolute Gasteiger partial charge is 0.278 e. The Balaban J connectivity index is 1.24. The van der Waals surface area contributed by atoms with E-state index < -0.39 is 5.91 Å². The molecule has 3 aromatic rings. The van der Waals surface area contributed by atoms with Gasteiger partial charge in [0.15, 0.2) is 5.71 Å². The van der Waals surface area contributed by atoms with E-state index in [-0.39, 0.29) is 17.7 Å². The summed E-state index contributed by atoms with van der Waals surface area (Å²) in [5.41, 5.74) is 3.36. The van der Waals surface area contributed by atoms with Crippen LogP contribution in [0.4, 0.5) is 11.4 Å². The van der Waals surface area contributed by atoms with Crippen LogP contribution in [0.5, 0.6) is 0 Å². The Hall–Kier alpha value is -4.16. The first-order chi connectivity index (χ1) is 18.4. The van der Waals surface area contributed by atoms with Crippen molar-refractivity contribution < 1.29 is 14.3 Å². The maximum atomic E-state index is 13.1. The summed E-state index contributed by atoms with van der Waals surface area (Å²) in [5.74, 6) is 4.91. The number of aryl methyl sites for hydroxylation is 1. The topological polar surface area (TPSA) is 153 Å². The molecule has 0 aromatic carbocycles. The fraction of sp³-hybridized carbons (Fsp3) is 0.385. The van der Waals surface area contributed by atoms with Crippen molar-refractivity contribution in [3.05, 3.63) is 54.2 Å². The Morgan fingerprint density at radius 1 is 1.18 bits per heavy atom. The SMILES string of the molecule is Cc1ncc(NC(=O)CN2CCC[C@@H]2C)cc1NC(=O)/C(=N/N)c1ccc(-c2ccn(C3COC3)n2)cn1. The summed E-state index contributed by atoms with van der Waals surface area (Å²) in [6.07, 6.45) is 7.30. The minimum Gasteiger partial charge on any atom is -0.377 e. The third-order valence-electron chi connectivity index (χ3n) is 6.91. The second-order valence-electron chi connectivity index (χ2n) is 9.60. The molecule has 2 amide bonds. The van der Waals surface area contributed by atoms with Gasteiger partial charge < -0.3 is 21.2 Å². The monoisotopic (exact) mass is 517 g/mol. The van der Waals surface area contributed by atoms with Crippen LogP contribution in [-0.2, 0) is 14.3 Å². The van der Waals surface area contributed by atoms with Gasteiger partial charge in [-0.3, -0.25) is 29.1 Å². The van der Waals surface area contributed by atoms with Gasteiger partial charge in [-0.25, -0.2) is 0 Å². The van der Waals surface area contributed by atoms with E-state index in [0.717, 1.165) is 30.6 Å². The van der Waals surface area contributed by atoms with E-state index in [4.69, 9.17) is 10.6 Å². The lowest BCUT2D eigenvalue weighted by Gasteiger charge is -2.25. The van der Waals surface area contributed by atoms with Crippen LogP contribution in [0.25, 0.3) is 11.3 Å². The fourth-order valence-electron chi connectivity index (χ4n) is 4.52. The number of nitrogens with two attached hydrogens (primary N) is 1. The standard InChI is InChI=1S/C26H31N9O3/c1-16-4-3-8-34(16)13-24(36)30-19-10-23(17(2)28-12-19)31-26(37)25(32-27)22-6-5-18(11-29-22)21-7-9-35(33-21)20-14-38-15-20/h5-7,9-12,16,20H,3-4,8,13-15,27H2,1-2H3,(H,30,36)(H,31,37)/b32-25+/t16-/m0/s1. The highest BCUT2D eigenvalue weighted by molar-refractivity contribution is 6.48. The van der Waals surface area contributed by atoms with Crippen molar-refractivity contribution in [2.75, 3.05) is 36.9 Å². The lowest BCUT2D eigenvalue weighted by atomic mass is 10.1. The number of ether oxygens (including phenoxy) is 1. The number of hydrogen-bond acceptors (Lipinski definition) is 9. The van der Waals surface area contributed by atoms with Crippen molar-refractivity contribution in [2.45, 2.75) is 38.8 Å². The lowest BCUT2D eigenvalue weighted by molar-refractivity contribution is -0.117. The molecule has 0 saturated carbocycles. The molecular weight excluding hydrogens is 486 g/mol. The van der Waals surface area contributed by atoms with E-state index in [1.54, 1.807) is 31.5 Å². The second kappa shape index (κ2) is 11.1. The molecule has 0 aliphatic carbocycles. The summed E-state index contributed by atoms with van der Waals surface area (Å²) < 4.78 is 7.10. The van der Waals surface area contributed by atoms with Crippen molar-refractivity contribution in [2.24, 2.45) is 10.9 Å². The van der Waals surface area contributed by atoms with Crippen LogP contribution in [0.3, 0.4) is 0 Å². The van der Waals surface area contributed by atoms with Gasteiger partial charge >= 0.3 is 0 Å². The third-order valence-corrected chi connectivity index (χ3v) is 6.91. The summed E-state index contributed by atoms with van der Waals surface area (Å²) in [6.45, 7) is 6.43. The molecule has 198 valence electrons. The van der Waals surface area contributed by atoms with E-state index in [0.29, 0.717) is 48.6 Å². The first-order valence-corrected chi connectivity index (χ1v) is 12.6. The second-order valence-corrected chi connectivity index (χ2v) is 9.60. The molecule has 5 heterocycles. The molecule has 2 aliphatic rings. The molecule has 0 unspecified atom stereocenters. The average Bonchev–Trinajstić information content (AvgIpc) is 3.50. The van der Waals surface area contributed by atoms with Gasteiger partial charge in [-0.05, 0) is 57.5 Å². The number of rotatable bonds is 8. The van der Waals surface area contributed by atoms with Crippen LogP contribution >= 0.6 is 0 Å². The van der Waals surface area contributed by atoms with Gasteiger partial charge in [-0.15, -0.1) is 0 Å². The fourth-order valence-corrected chi connectivity index (χ4v) is 4.52. The minimum absolute atomic E-state index is 0.0365. The predicted octanol–water partition coefficient (Wildman–Crippen LogP) is 1.94. The van der Waals surface area contributed by atoms with Gasteiger partial charge in [0.2, 0.25) is 5.91 Å². The largest absolute Gasteiger partial charge is 0.377 e. The molecular formula is C26H31N9O3. The Morgan fingerprint density at radius 3 is 2.68 bits per heavy atom. The van der Waals surface area contributed by atoms with E-state index in [2.05, 4.69) is 42.6 Å². The van der Waals surface area contributed by atoms with E-state index >= 15 is 0 Å². The molecule has 12 nitrogen and oxygen atoms in total. The highest BCUT2D eigenvalue weighted by atomic mass is 16.5. The summed E-state index contributed by atoms with van der Waals surface area (Å²) in [5, 5.41) is 13.9. The highest BCUT2D eigenvalue weighted by Gasteiger charge is 2.23. The van der Waals surface area contributed by atoms with Crippen LogP contribution < -0.4 is 16.5 Å². The molecule has 5 rings (SSSR count). The van der Waals surface area contributed by atoms with Gasteiger partial charge in [-0.2, -0.15) is 10.2 Å². The molecule has 1 atom stereocenters. The maximum Gasteiger partial charge on any atom is 0.278 e. The zero-order valence-electron chi connectivity index (χ0n) is 21.4. The molecule has 0 spiro atoms. The van der Waals surface area contributed by atoms with E-state index in [9.17, 15) is 9.59 Å². The molecule has 2 aliphatic heterocycles. The summed E-state index contributed by atoms with van der Waals surface area (Å²) >= 11 is 0. The number of amides is 2. The van der Waals surface area contributed by atoms with Gasteiger partial charge in [0, 0.05) is 24.0 Å². The highest BCUT2D eigenvalue weighted by Crippen LogP contribution is 2.22. The Kier molecular flexibility index (Phi) is 7.43. The third kappa shape index (κ3) is 5.55. The van der Waals surface area contributed by atoms with Crippen molar-refractivity contribution in [3.8, 4) is 11.3 Å². The minimum atomic E-state index is -0.540. The van der Waals surface area contributed by atoms with Crippen LogP contribution in [-0.4, -0.2) is 74.5 Å². The molecule has 2 saturated heterocycles. The number of likely N-dealkylation sites (tertiary alicyclic amines) is 1. The molecule has 38 heavy (non-hydrogen) atoms. The van der Waals surface area contributed by atoms with Crippen LogP contribution in [0, 0.1) is 6.92 Å². The number of hydrogen-bond donors (Lipinski definition) is 3. The Labute approximate surface area is 220 Å². The van der Waals surface area contributed by atoms with Crippen LogP contribution in [0.2, 0.25) is 0 Å². The number of nitrogens with zero attached hydrogens (tertiary/aromatic N) is 6. The number of aromatic nitrogens is 4. The number of anilines is 2. The number of carbonyl (C=O) groups excluding carboxylic acids is 2. The molecule has 0 radical (unpaired) electrons. The van der Waals surface area contributed by atoms with Gasteiger partial charge in [0.05, 0.1) is 60.5 Å². The van der Waals surface area contributed by atoms with E-state index in [1.165, 1.54) is 0 Å². The lowest BCUT2D eigenvalue weighted by Crippen LogP contribution is -2.35. The number of pyridine rings is 2. The molecule has 0 bridgehead atoms. The zero-order valence-corrected chi connectivity index (χ0v) is 21.4. The Bertz CT molecular complexity index is 1350. The van der Waals surface area contributed by atoms with Gasteiger partial charge in [0.25, 0.3) is 5.91 Å². The van der Waals surface area contributed by atoms with Crippen molar-refractivity contribution >= 4 is 28.9 Å². The zero-order chi connectivity index (χ0) is 26.6. The molecule has 12 heteroatoms. The van der Waals surface area contributed by atoms with Crippen molar-refractivity contribution in [3.63, 3.8) is 0 Å². The predicted molar refractivity (Wildman–Crippen MR) is 143 cm³/mol. The summed E-state index contributed by atoms with van der Waals surface area (Å²) in [4.78, 5) is 36.4. The number of hydrazone groups is 1. The summed E-state index contributed by atoms with van der Waals surface area (Å²) in [7, 11) is 0. The Morgan fingerprint density at radius 2 is 2.03 bits per heavy atom. The van der Waals surface area contributed by atoms with Crippen LogP contribution in [0.1, 0.15) is 37.2 Å². The van der Waals surface area contributed by atoms with Gasteiger partial charge in [-0.1, -0.05) is 0 Å². The molecule has 4 N–H and O–H groups in total. The van der Waals surface area contributed by atoms with Crippen molar-refractivity contribution in [1.29, 1.82) is 0 Å². The number of nitrogens with one attached hydrogen (secondary N) is 2. The van der Waals surface area contributed by atoms with Gasteiger partial charge in [0.1, 0.15) is 0 Å².